The molecule has 40 heavy (non-hydrogen) atoms. The van der Waals surface area contributed by atoms with Crippen LogP contribution in [-0.2, 0) is 5.41 Å². The molecular weight excluding hydrogens is 625 g/mol. The van der Waals surface area contributed by atoms with Crippen molar-refractivity contribution in [3.05, 3.63) is 85.8 Å². The molecule has 2 aliphatic carbocycles. The zero-order chi connectivity index (χ0) is 28.2. The summed E-state index contributed by atoms with van der Waals surface area (Å²) in [7, 11) is 1.51. The molecule has 3 atom stereocenters. The molecule has 4 aromatic rings. The number of phenolic OH excluding ortho intramolecular Hbond substituents is 1. The first-order valence-electron chi connectivity index (χ1n) is 13.2. The molecule has 6 nitrogen and oxygen atoms in total. The van der Waals surface area contributed by atoms with E-state index >= 15 is 0 Å². The van der Waals surface area contributed by atoms with Gasteiger partial charge in [0.2, 0.25) is 0 Å². The molecule has 1 N–H and O–H groups in total. The average Bonchev–Trinajstić information content (AvgIpc) is 3.19. The number of phenols is 1. The number of hydrogen-bond acceptors (Lipinski definition) is 4. The Kier molecular flexibility index (Phi) is 6.74. The summed E-state index contributed by atoms with van der Waals surface area (Å²) >= 11 is 2.15. The second kappa shape index (κ2) is 10.1. The molecule has 1 spiro atoms. The number of rotatable bonds is 5. The monoisotopic (exact) mass is 652 g/mol. The summed E-state index contributed by atoms with van der Waals surface area (Å²) < 4.78 is 35.6. The van der Waals surface area contributed by atoms with Crippen molar-refractivity contribution in [2.45, 2.75) is 31.6 Å². The van der Waals surface area contributed by atoms with Crippen LogP contribution in [0.1, 0.15) is 37.3 Å². The number of methoxy groups -OCH3 is 1. The van der Waals surface area contributed by atoms with E-state index in [0.717, 1.165) is 45.1 Å². The fraction of sp³-hybridized carbons (Fsp3) is 0.290. The van der Waals surface area contributed by atoms with Crippen LogP contribution in [0.25, 0.3) is 43.5 Å². The third-order valence-electron chi connectivity index (χ3n) is 8.57. The van der Waals surface area contributed by atoms with Gasteiger partial charge in [0.05, 0.1) is 7.11 Å². The largest absolute Gasteiger partial charge is 0.507 e. The molecule has 0 aromatic heterocycles. The van der Waals surface area contributed by atoms with Crippen molar-refractivity contribution in [2.24, 2.45) is 17.0 Å². The van der Waals surface area contributed by atoms with Gasteiger partial charge in [0, 0.05) is 37.0 Å². The number of azide groups is 1. The summed E-state index contributed by atoms with van der Waals surface area (Å²) in [5, 5.41) is 15.6. The normalized spacial score (nSPS) is 21.1. The third-order valence-corrected chi connectivity index (χ3v) is 9.24. The van der Waals surface area contributed by atoms with E-state index in [9.17, 15) is 14.1 Å². The average molecular weight is 652 g/mol. The summed E-state index contributed by atoms with van der Waals surface area (Å²) in [6, 6.07) is 18.5. The molecule has 6 rings (SSSR count). The van der Waals surface area contributed by atoms with E-state index < -0.39 is 10.8 Å². The maximum absolute atomic E-state index is 14.6. The van der Waals surface area contributed by atoms with Crippen LogP contribution in [0.4, 0.5) is 14.6 Å². The van der Waals surface area contributed by atoms with Crippen LogP contribution in [0, 0.1) is 15.4 Å². The van der Waals surface area contributed by atoms with Gasteiger partial charge in [-0.3, -0.25) is 0 Å². The van der Waals surface area contributed by atoms with Gasteiger partial charge in [0.25, 0.3) is 0 Å². The van der Waals surface area contributed by atoms with Crippen LogP contribution in [0.2, 0.25) is 0 Å². The molecule has 0 aliphatic heterocycles. The van der Waals surface area contributed by atoms with Crippen LogP contribution in [-0.4, -0.2) is 18.8 Å². The van der Waals surface area contributed by atoms with E-state index in [1.54, 1.807) is 18.2 Å². The van der Waals surface area contributed by atoms with Crippen LogP contribution in [0.3, 0.4) is 0 Å². The fourth-order valence-corrected chi connectivity index (χ4v) is 7.71. The lowest BCUT2D eigenvalue weighted by Crippen LogP contribution is -2.36. The van der Waals surface area contributed by atoms with Crippen LogP contribution >= 0.6 is 22.6 Å². The first-order chi connectivity index (χ1) is 19.3. The quantitative estimate of drug-likeness (QED) is 0.0767. The van der Waals surface area contributed by atoms with Crippen molar-refractivity contribution >= 4 is 39.1 Å². The van der Waals surface area contributed by atoms with Gasteiger partial charge in [-0.25, -0.2) is 0 Å². The minimum atomic E-state index is -0.863. The third kappa shape index (κ3) is 4.14. The number of anilines is 1. The van der Waals surface area contributed by atoms with Gasteiger partial charge in [-0.15, -0.1) is 0 Å². The maximum Gasteiger partial charge on any atom is 0.127 e. The molecule has 0 heterocycles. The Hall–Kier alpha value is -3.56. The highest BCUT2D eigenvalue weighted by Crippen LogP contribution is 2.61. The molecule has 0 radical (unpaired) electrons. The Morgan fingerprint density at radius 3 is 2.60 bits per heavy atom. The number of nitrogens with zero attached hydrogens (tertiary/aromatic N) is 4. The van der Waals surface area contributed by atoms with Crippen molar-refractivity contribution in [2.75, 3.05) is 19.0 Å². The predicted octanol–water partition coefficient (Wildman–Crippen LogP) is 9.41. The fourth-order valence-electron chi connectivity index (χ4n) is 7.25. The molecule has 204 valence electrons. The van der Waals surface area contributed by atoms with E-state index in [1.807, 2.05) is 30.3 Å². The Balaban J connectivity index is 1.65. The highest BCUT2D eigenvalue weighted by Gasteiger charge is 2.48. The summed E-state index contributed by atoms with van der Waals surface area (Å²) in [4.78, 5) is 2.99. The topological polar surface area (TPSA) is 81.5 Å². The second-order valence-corrected chi connectivity index (χ2v) is 12.2. The second-order valence-electron chi connectivity index (χ2n) is 11.0. The van der Waals surface area contributed by atoms with Crippen molar-refractivity contribution < 1.29 is 18.8 Å². The van der Waals surface area contributed by atoms with Crippen molar-refractivity contribution in [3.63, 3.8) is 0 Å². The Bertz CT molecular complexity index is 1710. The van der Waals surface area contributed by atoms with Gasteiger partial charge in [-0.2, -0.15) is 0 Å². The van der Waals surface area contributed by atoms with Gasteiger partial charge >= 0.3 is 0 Å². The van der Waals surface area contributed by atoms with Gasteiger partial charge in [-0.05, 0) is 129 Å². The smallest absolute Gasteiger partial charge is 0.127 e. The molecule has 9 heteroatoms. The molecule has 4 aromatic carbocycles. The number of hydrogen-bond donors (Lipinski definition) is 1. The summed E-state index contributed by atoms with van der Waals surface area (Å²) in [6.07, 6.45) is 2.56. The summed E-state index contributed by atoms with van der Waals surface area (Å²) in [6.45, 7) is 2.61. The first-order valence-corrected chi connectivity index (χ1v) is 14.3. The highest BCUT2D eigenvalue weighted by atomic mass is 127. The van der Waals surface area contributed by atoms with E-state index in [1.165, 1.54) is 13.2 Å². The van der Waals surface area contributed by atoms with Crippen molar-refractivity contribution in [1.82, 2.24) is 0 Å². The van der Waals surface area contributed by atoms with E-state index in [-0.39, 0.29) is 22.9 Å². The lowest BCUT2D eigenvalue weighted by Gasteiger charge is -2.43. The number of aromatic hydroxyl groups is 1. The van der Waals surface area contributed by atoms with Gasteiger partial charge in [-0.1, -0.05) is 45.3 Å². The van der Waals surface area contributed by atoms with E-state index in [0.29, 0.717) is 34.5 Å². The Morgan fingerprint density at radius 2 is 1.85 bits per heavy atom. The molecule has 0 bridgehead atoms. The zero-order valence-electron chi connectivity index (χ0n) is 22.0. The Morgan fingerprint density at radius 1 is 1.05 bits per heavy atom. The number of fused-ring (bicyclic) bond motifs is 7. The van der Waals surface area contributed by atoms with E-state index in [4.69, 9.17) is 10.3 Å². The summed E-state index contributed by atoms with van der Waals surface area (Å²) in [5.41, 5.74) is 13.0. The standard InChI is InChI=1S/C31H27F2IN4O2/c1-17-9-18(16-36-37-35)15-31(14-17)25-6-4-3-5-21(25)30-24-12-27(38(32)33)22(11-23(24)28(39)13-26(30)31)20-8-7-19(34)10-29(20)40-2/h3-8,10-13,17-18,39H,9,14-16H2,1-2H3. The minimum absolute atomic E-state index is 0.0484. The SMILES string of the molecule is COc1cc(I)ccc1-c1cc2c(O)cc3c(c2cc1N(F)F)-c1ccccc1C31CC(C)CC(CN=[N+]=[N-])C1. The summed E-state index contributed by atoms with van der Waals surface area (Å²) in [5.74, 6) is 1.05. The number of ether oxygens (including phenoxy) is 1. The molecule has 1 fully saturated rings. The molecule has 1 saturated carbocycles. The Labute approximate surface area is 244 Å². The van der Waals surface area contributed by atoms with Gasteiger partial charge in [0.15, 0.2) is 0 Å². The molecule has 2 aliphatic rings. The van der Waals surface area contributed by atoms with Crippen LogP contribution < -0.4 is 10.1 Å². The first kappa shape index (κ1) is 26.7. The van der Waals surface area contributed by atoms with Crippen LogP contribution in [0.15, 0.2) is 65.8 Å². The highest BCUT2D eigenvalue weighted by molar-refractivity contribution is 14.1. The zero-order valence-corrected chi connectivity index (χ0v) is 24.2. The maximum atomic E-state index is 14.6. The minimum Gasteiger partial charge on any atom is -0.507 e. The molecule has 0 amide bonds. The predicted molar refractivity (Wildman–Crippen MR) is 162 cm³/mol. The van der Waals surface area contributed by atoms with Gasteiger partial charge in [0.1, 0.15) is 17.2 Å². The lowest BCUT2D eigenvalue weighted by atomic mass is 9.61. The molecule has 0 saturated heterocycles. The van der Waals surface area contributed by atoms with Crippen molar-refractivity contribution in [1.29, 1.82) is 0 Å². The lowest BCUT2D eigenvalue weighted by molar-refractivity contribution is 0.206. The number of halogens is 3. The number of benzene rings is 4. The molecule has 3 unspecified atom stereocenters. The van der Waals surface area contributed by atoms with E-state index in [2.05, 4.69) is 45.6 Å². The van der Waals surface area contributed by atoms with Crippen LogP contribution in [0.5, 0.6) is 11.5 Å². The molecular formula is C31H27F2IN4O2. The van der Waals surface area contributed by atoms with Gasteiger partial charge < -0.3 is 9.84 Å². The van der Waals surface area contributed by atoms with Crippen molar-refractivity contribution in [3.8, 4) is 33.8 Å².